The summed E-state index contributed by atoms with van der Waals surface area (Å²) in [6.07, 6.45) is 6.35. The van der Waals surface area contributed by atoms with Crippen molar-refractivity contribution >= 4 is 17.2 Å². The lowest BCUT2D eigenvalue weighted by Gasteiger charge is -2.17. The van der Waals surface area contributed by atoms with E-state index >= 15 is 0 Å². The number of rotatable bonds is 6. The van der Waals surface area contributed by atoms with E-state index in [9.17, 15) is 4.79 Å². The fourth-order valence-corrected chi connectivity index (χ4v) is 3.56. The van der Waals surface area contributed by atoms with Gasteiger partial charge in [-0.05, 0) is 43.8 Å². The van der Waals surface area contributed by atoms with Crippen molar-refractivity contribution in [3.63, 3.8) is 0 Å². The van der Waals surface area contributed by atoms with Crippen LogP contribution in [0, 0.1) is 0 Å². The number of aromatic nitrogens is 3. The molecule has 2 aromatic heterocycles. The molecule has 0 saturated carbocycles. The van der Waals surface area contributed by atoms with Gasteiger partial charge in [-0.3, -0.25) is 9.69 Å². The van der Waals surface area contributed by atoms with E-state index in [4.69, 9.17) is 4.74 Å². The first-order valence-corrected chi connectivity index (χ1v) is 9.73. The molecule has 1 amide bonds. The molecule has 146 valence electrons. The van der Waals surface area contributed by atoms with Crippen LogP contribution in [-0.2, 0) is 13.0 Å². The summed E-state index contributed by atoms with van der Waals surface area (Å²) in [4.78, 5) is 19.6. The number of ether oxygens (including phenoxy) is 1. The second-order valence-electron chi connectivity index (χ2n) is 7.16. The predicted octanol–water partition coefficient (Wildman–Crippen LogP) is 3.15. The minimum atomic E-state index is -0.217. The van der Waals surface area contributed by atoms with E-state index in [0.29, 0.717) is 11.2 Å². The molecule has 0 unspecified atom stereocenters. The van der Waals surface area contributed by atoms with Crippen LogP contribution >= 0.6 is 0 Å². The molecule has 0 saturated heterocycles. The first-order chi connectivity index (χ1) is 13.6. The van der Waals surface area contributed by atoms with Gasteiger partial charge in [-0.1, -0.05) is 13.8 Å². The molecule has 0 fully saturated rings. The molecule has 0 bridgehead atoms. The largest absolute Gasteiger partial charge is 0.490 e. The van der Waals surface area contributed by atoms with Crippen molar-refractivity contribution in [1.29, 1.82) is 0 Å². The summed E-state index contributed by atoms with van der Waals surface area (Å²) < 4.78 is 7.38. The summed E-state index contributed by atoms with van der Waals surface area (Å²) in [5.41, 5.74) is 3.95. The topological polar surface area (TPSA) is 71.8 Å². The van der Waals surface area contributed by atoms with Crippen LogP contribution in [-0.4, -0.2) is 44.6 Å². The number of hydrogen-bond acceptors (Lipinski definition) is 5. The Balaban J connectivity index is 1.52. The lowest BCUT2D eigenvalue weighted by molar-refractivity contribution is 0.102. The minimum Gasteiger partial charge on any atom is -0.490 e. The molecule has 28 heavy (non-hydrogen) atoms. The van der Waals surface area contributed by atoms with Gasteiger partial charge in [-0.25, -0.2) is 9.50 Å². The third kappa shape index (κ3) is 3.57. The van der Waals surface area contributed by atoms with E-state index in [1.54, 1.807) is 10.7 Å². The molecule has 0 spiro atoms. The van der Waals surface area contributed by atoms with E-state index in [-0.39, 0.29) is 12.0 Å². The van der Waals surface area contributed by atoms with Gasteiger partial charge in [0.2, 0.25) is 0 Å². The number of anilines is 1. The van der Waals surface area contributed by atoms with E-state index in [0.717, 1.165) is 48.6 Å². The van der Waals surface area contributed by atoms with Gasteiger partial charge >= 0.3 is 0 Å². The van der Waals surface area contributed by atoms with Crippen LogP contribution in [0.2, 0.25) is 0 Å². The van der Waals surface area contributed by atoms with E-state index in [2.05, 4.69) is 34.1 Å². The molecule has 7 nitrogen and oxygen atoms in total. The van der Waals surface area contributed by atoms with Crippen LogP contribution in [0.5, 0.6) is 5.75 Å². The van der Waals surface area contributed by atoms with Gasteiger partial charge in [0.15, 0.2) is 5.65 Å². The van der Waals surface area contributed by atoms with Gasteiger partial charge in [-0.2, -0.15) is 5.10 Å². The number of benzene rings is 1. The van der Waals surface area contributed by atoms with Crippen molar-refractivity contribution < 1.29 is 9.53 Å². The zero-order valence-electron chi connectivity index (χ0n) is 16.5. The molecule has 7 heteroatoms. The third-order valence-electron chi connectivity index (χ3n) is 5.11. The van der Waals surface area contributed by atoms with Gasteiger partial charge in [0, 0.05) is 36.6 Å². The number of amides is 1. The molecular formula is C21H25N5O2. The maximum atomic E-state index is 12.8. The van der Waals surface area contributed by atoms with E-state index in [1.807, 2.05) is 37.5 Å². The summed E-state index contributed by atoms with van der Waals surface area (Å²) >= 11 is 0. The van der Waals surface area contributed by atoms with Crippen LogP contribution in [0.3, 0.4) is 0 Å². The highest BCUT2D eigenvalue weighted by Crippen LogP contribution is 2.31. The van der Waals surface area contributed by atoms with Crippen molar-refractivity contribution in [2.24, 2.45) is 0 Å². The maximum Gasteiger partial charge on any atom is 0.261 e. The molecule has 1 aromatic carbocycles. The van der Waals surface area contributed by atoms with Gasteiger partial charge in [0.1, 0.15) is 17.4 Å². The fourth-order valence-electron chi connectivity index (χ4n) is 3.56. The number of carbonyl (C=O) groups is 1. The summed E-state index contributed by atoms with van der Waals surface area (Å²) in [5.74, 6) is 0.676. The van der Waals surface area contributed by atoms with Crippen LogP contribution in [0.25, 0.3) is 5.65 Å². The third-order valence-corrected chi connectivity index (χ3v) is 5.11. The predicted molar refractivity (Wildman–Crippen MR) is 108 cm³/mol. The Hall–Kier alpha value is -2.93. The SMILES string of the molecule is CCN(CC)Cc1cnc2c(C(=O)Nc3ccc4c(c3)C[C@@H](C)O4)cnn2c1. The van der Waals surface area contributed by atoms with Crippen molar-refractivity contribution in [2.45, 2.75) is 39.8 Å². The summed E-state index contributed by atoms with van der Waals surface area (Å²) in [7, 11) is 0. The summed E-state index contributed by atoms with van der Waals surface area (Å²) in [6, 6.07) is 5.73. The van der Waals surface area contributed by atoms with E-state index < -0.39 is 0 Å². The number of hydrogen-bond donors (Lipinski definition) is 1. The van der Waals surface area contributed by atoms with Crippen molar-refractivity contribution in [3.8, 4) is 5.75 Å². The standard InChI is InChI=1S/C21H25N5O2/c1-4-25(5-2)12-15-10-22-20-18(11-23-26(20)13-15)21(27)24-17-6-7-19-16(9-17)8-14(3)28-19/h6-7,9-11,13-14H,4-5,8,12H2,1-3H3,(H,24,27)/t14-/m1/s1. The lowest BCUT2D eigenvalue weighted by atomic mass is 10.1. The molecule has 3 heterocycles. The minimum absolute atomic E-state index is 0.176. The summed E-state index contributed by atoms with van der Waals surface area (Å²) in [6.45, 7) is 9.08. The first kappa shape index (κ1) is 18.4. The van der Waals surface area contributed by atoms with Crippen molar-refractivity contribution in [3.05, 3.63) is 53.5 Å². The molecule has 1 atom stereocenters. The van der Waals surface area contributed by atoms with Crippen LogP contribution < -0.4 is 10.1 Å². The normalized spacial score (nSPS) is 15.6. The van der Waals surface area contributed by atoms with Crippen molar-refractivity contribution in [1.82, 2.24) is 19.5 Å². The first-order valence-electron chi connectivity index (χ1n) is 9.73. The van der Waals surface area contributed by atoms with Gasteiger partial charge < -0.3 is 10.1 Å². The Labute approximate surface area is 164 Å². The van der Waals surface area contributed by atoms with Crippen LogP contribution in [0.1, 0.15) is 42.3 Å². The zero-order chi connectivity index (χ0) is 19.7. The molecule has 3 aromatic rings. The number of nitrogens with one attached hydrogen (secondary N) is 1. The van der Waals surface area contributed by atoms with Crippen LogP contribution in [0.4, 0.5) is 5.69 Å². The molecule has 1 aliphatic rings. The molecule has 0 radical (unpaired) electrons. The number of nitrogens with zero attached hydrogens (tertiary/aromatic N) is 4. The maximum absolute atomic E-state index is 12.8. The Morgan fingerprint density at radius 3 is 2.93 bits per heavy atom. The van der Waals surface area contributed by atoms with Gasteiger partial charge in [0.25, 0.3) is 5.91 Å². The second-order valence-corrected chi connectivity index (χ2v) is 7.16. The molecule has 4 rings (SSSR count). The Bertz CT molecular complexity index is 1010. The zero-order valence-corrected chi connectivity index (χ0v) is 16.5. The van der Waals surface area contributed by atoms with E-state index in [1.165, 1.54) is 0 Å². The highest BCUT2D eigenvalue weighted by molar-refractivity contribution is 6.08. The van der Waals surface area contributed by atoms with Gasteiger partial charge in [-0.15, -0.1) is 0 Å². The van der Waals surface area contributed by atoms with Crippen molar-refractivity contribution in [2.75, 3.05) is 18.4 Å². The molecule has 1 N–H and O–H groups in total. The molecular weight excluding hydrogens is 354 g/mol. The highest BCUT2D eigenvalue weighted by atomic mass is 16.5. The number of fused-ring (bicyclic) bond motifs is 2. The highest BCUT2D eigenvalue weighted by Gasteiger charge is 2.20. The summed E-state index contributed by atoms with van der Waals surface area (Å²) in [5, 5.41) is 7.27. The Morgan fingerprint density at radius 1 is 1.32 bits per heavy atom. The number of carbonyl (C=O) groups excluding carboxylic acids is 1. The fraction of sp³-hybridized carbons (Fsp3) is 0.381. The quantitative estimate of drug-likeness (QED) is 0.712. The molecule has 0 aliphatic carbocycles. The average molecular weight is 379 g/mol. The smallest absolute Gasteiger partial charge is 0.261 e. The van der Waals surface area contributed by atoms with Gasteiger partial charge in [0.05, 0.1) is 6.20 Å². The Morgan fingerprint density at radius 2 is 2.14 bits per heavy atom. The second kappa shape index (κ2) is 7.59. The monoisotopic (exact) mass is 379 g/mol. The lowest BCUT2D eigenvalue weighted by Crippen LogP contribution is -2.22. The Kier molecular flexibility index (Phi) is 5.00. The average Bonchev–Trinajstić information content (AvgIpc) is 3.27. The van der Waals surface area contributed by atoms with Crippen LogP contribution in [0.15, 0.2) is 36.8 Å². The molecule has 1 aliphatic heterocycles.